The molecule has 2 aromatic carbocycles. The van der Waals surface area contributed by atoms with Crippen LogP contribution in [0.5, 0.6) is 0 Å². The summed E-state index contributed by atoms with van der Waals surface area (Å²) < 4.78 is 5.37. The van der Waals surface area contributed by atoms with Gasteiger partial charge in [0.25, 0.3) is 5.69 Å². The summed E-state index contributed by atoms with van der Waals surface area (Å²) in [6.45, 7) is 3.83. The van der Waals surface area contributed by atoms with Gasteiger partial charge in [-0.3, -0.25) is 19.7 Å². The van der Waals surface area contributed by atoms with Gasteiger partial charge in [0.15, 0.2) is 6.04 Å². The number of hydrogen-bond donors (Lipinski definition) is 1. The highest BCUT2D eigenvalue weighted by Crippen LogP contribution is 2.40. The zero-order valence-corrected chi connectivity index (χ0v) is 18.3. The number of esters is 1. The molecule has 0 aromatic heterocycles. The van der Waals surface area contributed by atoms with E-state index < -0.39 is 23.0 Å². The number of nitrogens with one attached hydrogen (secondary N) is 1. The zero-order valence-electron chi connectivity index (χ0n) is 17.5. The van der Waals surface area contributed by atoms with Gasteiger partial charge in [-0.15, -0.1) is 11.8 Å². The molecule has 0 saturated carbocycles. The molecular weight excluding hydrogens is 446 g/mol. The van der Waals surface area contributed by atoms with E-state index in [1.54, 1.807) is 0 Å². The van der Waals surface area contributed by atoms with Gasteiger partial charge in [-0.1, -0.05) is 36.9 Å². The lowest BCUT2D eigenvalue weighted by Crippen LogP contribution is -2.74. The fourth-order valence-electron chi connectivity index (χ4n) is 3.77. The Kier molecular flexibility index (Phi) is 6.45. The van der Waals surface area contributed by atoms with Gasteiger partial charge in [0.2, 0.25) is 11.8 Å². The molecule has 4 rings (SSSR count). The van der Waals surface area contributed by atoms with Crippen LogP contribution in [-0.4, -0.2) is 50.8 Å². The molecule has 0 unspecified atom stereocenters. The molecule has 3 atom stereocenters. The zero-order chi connectivity index (χ0) is 23.5. The van der Waals surface area contributed by atoms with Crippen molar-refractivity contribution in [3.05, 3.63) is 88.0 Å². The molecule has 33 heavy (non-hydrogen) atoms. The Bertz CT molecular complexity index is 1100. The number of nitro benzene ring substituents is 1. The number of rotatable bonds is 7. The Balaban J connectivity index is 1.36. The first-order chi connectivity index (χ1) is 15.8. The van der Waals surface area contributed by atoms with Crippen LogP contribution in [0.15, 0.2) is 66.7 Å². The minimum absolute atomic E-state index is 0.0582. The Labute approximate surface area is 193 Å². The molecule has 1 N–H and O–H groups in total. The van der Waals surface area contributed by atoms with Crippen LogP contribution in [0, 0.1) is 10.1 Å². The fourth-order valence-corrected chi connectivity index (χ4v) is 5.08. The lowest BCUT2D eigenvalue weighted by Gasteiger charge is -2.52. The molecule has 0 radical (unpaired) electrons. The standard InChI is InChI=1S/C23H21N3O6S/c1-14-13-33-22-19(24-18(27)11-15-5-3-2-4-6-15)21(28)25(22)20(14)23(29)32-12-16-7-9-17(10-8-16)26(30)31/h2-10,19-20,22H,1,11-13H2,(H,24,27)/t19-,20-,22-/m1/s1. The van der Waals surface area contributed by atoms with Crippen molar-refractivity contribution in [1.29, 1.82) is 0 Å². The van der Waals surface area contributed by atoms with Crippen molar-refractivity contribution in [2.75, 3.05) is 5.75 Å². The summed E-state index contributed by atoms with van der Waals surface area (Å²) in [6.07, 6.45) is 0.162. The third-order valence-corrected chi connectivity index (χ3v) is 6.84. The van der Waals surface area contributed by atoms with Gasteiger partial charge in [0.05, 0.1) is 11.3 Å². The molecule has 170 valence electrons. The molecule has 0 spiro atoms. The molecule has 0 bridgehead atoms. The first-order valence-electron chi connectivity index (χ1n) is 10.2. The molecule has 0 aliphatic carbocycles. The van der Waals surface area contributed by atoms with Crippen molar-refractivity contribution < 1.29 is 24.0 Å². The summed E-state index contributed by atoms with van der Waals surface area (Å²) in [7, 11) is 0. The third-order valence-electron chi connectivity index (χ3n) is 5.46. The van der Waals surface area contributed by atoms with E-state index in [1.807, 2.05) is 30.3 Å². The van der Waals surface area contributed by atoms with Crippen LogP contribution in [0.4, 0.5) is 5.69 Å². The SMILES string of the molecule is C=C1CS[C@@H]2[C@H](NC(=O)Cc3ccccc3)C(=O)N2[C@H]1C(=O)OCc1ccc([N+](=O)[O-])cc1. The quantitative estimate of drug-likeness (QED) is 0.218. The smallest absolute Gasteiger partial charge is 0.333 e. The van der Waals surface area contributed by atoms with Crippen LogP contribution in [0.3, 0.4) is 0 Å². The number of nitro groups is 1. The number of thioether (sulfide) groups is 1. The largest absolute Gasteiger partial charge is 0.459 e. The van der Waals surface area contributed by atoms with Crippen LogP contribution >= 0.6 is 11.8 Å². The number of non-ortho nitro benzene ring substituents is 1. The summed E-state index contributed by atoms with van der Waals surface area (Å²) in [6, 6.07) is 13.3. The molecule has 9 nitrogen and oxygen atoms in total. The Morgan fingerprint density at radius 1 is 1.15 bits per heavy atom. The number of hydrogen-bond acceptors (Lipinski definition) is 7. The Hall–Kier alpha value is -3.66. The maximum atomic E-state index is 12.8. The van der Waals surface area contributed by atoms with Crippen LogP contribution in [0.2, 0.25) is 0 Å². The minimum atomic E-state index is -0.927. The lowest BCUT2D eigenvalue weighted by molar-refractivity contribution is -0.384. The monoisotopic (exact) mass is 467 g/mol. The average Bonchev–Trinajstić information content (AvgIpc) is 2.81. The summed E-state index contributed by atoms with van der Waals surface area (Å²) in [5, 5.41) is 13.2. The molecule has 2 aliphatic rings. The van der Waals surface area contributed by atoms with Crippen molar-refractivity contribution in [1.82, 2.24) is 10.2 Å². The van der Waals surface area contributed by atoms with Gasteiger partial charge < -0.3 is 15.0 Å². The third kappa shape index (κ3) is 4.75. The molecular formula is C23H21N3O6S. The van der Waals surface area contributed by atoms with E-state index in [2.05, 4.69) is 11.9 Å². The first-order valence-corrected chi connectivity index (χ1v) is 11.2. The van der Waals surface area contributed by atoms with Crippen molar-refractivity contribution in [2.24, 2.45) is 0 Å². The molecule has 2 heterocycles. The van der Waals surface area contributed by atoms with Crippen LogP contribution in [0.25, 0.3) is 0 Å². The highest BCUT2D eigenvalue weighted by atomic mass is 32.2. The lowest BCUT2D eigenvalue weighted by atomic mass is 9.98. The number of nitrogens with zero attached hydrogens (tertiary/aromatic N) is 2. The van der Waals surface area contributed by atoms with E-state index in [1.165, 1.54) is 40.9 Å². The van der Waals surface area contributed by atoms with Crippen LogP contribution in [0.1, 0.15) is 11.1 Å². The van der Waals surface area contributed by atoms with Crippen molar-refractivity contribution in [2.45, 2.75) is 30.5 Å². The molecule has 2 aliphatic heterocycles. The van der Waals surface area contributed by atoms with E-state index in [0.29, 0.717) is 16.9 Å². The average molecular weight is 468 g/mol. The van der Waals surface area contributed by atoms with E-state index >= 15 is 0 Å². The van der Waals surface area contributed by atoms with Gasteiger partial charge >= 0.3 is 5.97 Å². The van der Waals surface area contributed by atoms with E-state index in [0.717, 1.165) is 5.56 Å². The second kappa shape index (κ2) is 9.45. The molecule has 2 amide bonds. The van der Waals surface area contributed by atoms with Gasteiger partial charge in [-0.05, 0) is 28.8 Å². The normalized spacial score (nSPS) is 21.6. The number of carbonyl (C=O) groups excluding carboxylic acids is 3. The number of benzene rings is 2. The Morgan fingerprint density at radius 3 is 2.52 bits per heavy atom. The van der Waals surface area contributed by atoms with Gasteiger partial charge in [0.1, 0.15) is 18.0 Å². The number of ether oxygens (including phenoxy) is 1. The molecule has 2 saturated heterocycles. The van der Waals surface area contributed by atoms with Crippen molar-refractivity contribution in [3.63, 3.8) is 0 Å². The number of amides is 2. The first kappa shape index (κ1) is 22.5. The highest BCUT2D eigenvalue weighted by molar-refractivity contribution is 8.00. The molecule has 10 heteroatoms. The predicted molar refractivity (Wildman–Crippen MR) is 121 cm³/mol. The predicted octanol–water partition coefficient (Wildman–Crippen LogP) is 2.21. The van der Waals surface area contributed by atoms with Gasteiger partial charge in [0, 0.05) is 17.9 Å². The summed E-state index contributed by atoms with van der Waals surface area (Å²) >= 11 is 1.44. The summed E-state index contributed by atoms with van der Waals surface area (Å²) in [4.78, 5) is 49.6. The van der Waals surface area contributed by atoms with Crippen molar-refractivity contribution >= 4 is 35.2 Å². The molecule has 2 fully saturated rings. The summed E-state index contributed by atoms with van der Waals surface area (Å²) in [5.74, 6) is -0.781. The molecule has 2 aromatic rings. The van der Waals surface area contributed by atoms with Crippen molar-refractivity contribution in [3.8, 4) is 0 Å². The number of β-lactam (4-membered cyclic amide) rings is 1. The maximum absolute atomic E-state index is 12.8. The van der Waals surface area contributed by atoms with Crippen LogP contribution in [-0.2, 0) is 32.1 Å². The topological polar surface area (TPSA) is 119 Å². The second-order valence-electron chi connectivity index (χ2n) is 7.75. The van der Waals surface area contributed by atoms with E-state index in [4.69, 9.17) is 4.74 Å². The minimum Gasteiger partial charge on any atom is -0.459 e. The second-order valence-corrected chi connectivity index (χ2v) is 8.85. The number of fused-ring (bicyclic) bond motifs is 1. The Morgan fingerprint density at radius 2 is 1.85 bits per heavy atom. The number of carbonyl (C=O) groups is 3. The van der Waals surface area contributed by atoms with Gasteiger partial charge in [-0.25, -0.2) is 4.79 Å². The fraction of sp³-hybridized carbons (Fsp3) is 0.261. The summed E-state index contributed by atoms with van der Waals surface area (Å²) in [5.41, 5.74) is 1.92. The highest BCUT2D eigenvalue weighted by Gasteiger charge is 2.56. The van der Waals surface area contributed by atoms with E-state index in [9.17, 15) is 24.5 Å². The van der Waals surface area contributed by atoms with Gasteiger partial charge in [-0.2, -0.15) is 0 Å². The van der Waals surface area contributed by atoms with E-state index in [-0.39, 0.29) is 35.9 Å². The maximum Gasteiger partial charge on any atom is 0.333 e. The van der Waals surface area contributed by atoms with Crippen LogP contribution < -0.4 is 5.32 Å².